The second-order valence-corrected chi connectivity index (χ2v) is 15.4. The number of hydrogen-bond donors (Lipinski definition) is 2. The van der Waals surface area contributed by atoms with Gasteiger partial charge >= 0.3 is 11.9 Å². The lowest BCUT2D eigenvalue weighted by Gasteiger charge is -2.30. The molecule has 0 saturated heterocycles. The number of carboxylic acids is 2. The monoisotopic (exact) mass is 560 g/mol. The van der Waals surface area contributed by atoms with Crippen LogP contribution >= 0.6 is 14.3 Å². The lowest BCUT2D eigenvalue weighted by Crippen LogP contribution is -2.42. The molecule has 0 fully saturated rings. The van der Waals surface area contributed by atoms with Gasteiger partial charge in [0, 0.05) is 33.5 Å². The highest BCUT2D eigenvalue weighted by Gasteiger charge is 2.49. The third kappa shape index (κ3) is 5.83. The summed E-state index contributed by atoms with van der Waals surface area (Å²) in [5.74, 6) is -3.06. The van der Waals surface area contributed by atoms with Crippen molar-refractivity contribution in [2.24, 2.45) is 5.41 Å². The van der Waals surface area contributed by atoms with Crippen LogP contribution < -0.4 is 21.2 Å². The van der Waals surface area contributed by atoms with E-state index in [1.807, 2.05) is 0 Å². The van der Waals surface area contributed by atoms with Crippen LogP contribution in [0.4, 0.5) is 0 Å². The molecule has 2 N–H and O–H groups in total. The van der Waals surface area contributed by atoms with Crippen molar-refractivity contribution in [1.29, 1.82) is 0 Å². The topological polar surface area (TPSA) is 109 Å². The smallest absolute Gasteiger partial charge is 0.321 e. The highest BCUT2D eigenvalue weighted by molar-refractivity contribution is 7.79. The molecule has 4 rings (SSSR count). The first-order valence-corrected chi connectivity index (χ1v) is 16.4. The number of aliphatic carboxylic acids is 2. The van der Waals surface area contributed by atoms with E-state index in [0.29, 0.717) is 21.2 Å². The molecule has 8 heteroatoms. The highest BCUT2D eigenvalue weighted by atomic mass is 31.2. The molecule has 4 aromatic rings. The molecule has 6 nitrogen and oxygen atoms in total. The van der Waals surface area contributed by atoms with Gasteiger partial charge in [-0.1, -0.05) is 121 Å². The van der Waals surface area contributed by atoms with Crippen molar-refractivity contribution in [2.75, 3.05) is 12.3 Å². The van der Waals surface area contributed by atoms with Gasteiger partial charge in [-0.05, 0) is 12.8 Å². The van der Waals surface area contributed by atoms with Crippen molar-refractivity contribution >= 4 is 47.4 Å². The Morgan fingerprint density at radius 3 is 0.923 bits per heavy atom. The molecule has 39 heavy (non-hydrogen) atoms. The average Bonchev–Trinajstić information content (AvgIpc) is 2.98. The standard InChI is InChI=1S/C31H30O6P2/c32-29(33)31(30(34)35,21-23-38(36,25-13-5-1-6-14-25)26-15-7-2-8-16-26)22-24-39(37,27-17-9-3-10-18-27)28-19-11-4-12-20-28/h1-20H,21-24H2,(H,32,33)(H,34,35). The van der Waals surface area contributed by atoms with Gasteiger partial charge in [0.2, 0.25) is 0 Å². The quantitative estimate of drug-likeness (QED) is 0.188. The molecule has 0 unspecified atom stereocenters. The number of hydrogen-bond acceptors (Lipinski definition) is 4. The second kappa shape index (κ2) is 12.0. The van der Waals surface area contributed by atoms with Crippen LogP contribution in [-0.2, 0) is 18.7 Å². The minimum atomic E-state index is -3.38. The largest absolute Gasteiger partial charge is 0.480 e. The molecule has 0 atom stereocenters. The van der Waals surface area contributed by atoms with E-state index in [4.69, 9.17) is 0 Å². The van der Waals surface area contributed by atoms with Gasteiger partial charge in [0.25, 0.3) is 0 Å². The van der Waals surface area contributed by atoms with Crippen LogP contribution in [-0.4, -0.2) is 34.5 Å². The highest BCUT2D eigenvalue weighted by Crippen LogP contribution is 2.50. The van der Waals surface area contributed by atoms with Gasteiger partial charge in [0.15, 0.2) is 5.41 Å². The molecular formula is C31H30O6P2. The number of carbonyl (C=O) groups is 2. The van der Waals surface area contributed by atoms with Gasteiger partial charge in [-0.15, -0.1) is 0 Å². The molecule has 0 radical (unpaired) electrons. The fraction of sp³-hybridized carbons (Fsp3) is 0.161. The molecule has 0 heterocycles. The zero-order valence-corrected chi connectivity index (χ0v) is 23.1. The van der Waals surface area contributed by atoms with E-state index in [1.54, 1.807) is 121 Å². The summed E-state index contributed by atoms with van der Waals surface area (Å²) in [5.41, 5.74) is -2.28. The Bertz CT molecular complexity index is 1300. The minimum Gasteiger partial charge on any atom is -0.480 e. The first-order valence-electron chi connectivity index (χ1n) is 12.6. The van der Waals surface area contributed by atoms with Crippen LogP contribution in [0.25, 0.3) is 0 Å². The Kier molecular flexibility index (Phi) is 8.70. The summed E-state index contributed by atoms with van der Waals surface area (Å²) in [7, 11) is -6.75. The molecular weight excluding hydrogens is 530 g/mol. The zero-order chi connectivity index (χ0) is 27.9. The Labute approximate surface area is 228 Å². The van der Waals surface area contributed by atoms with Crippen molar-refractivity contribution in [3.63, 3.8) is 0 Å². The zero-order valence-electron chi connectivity index (χ0n) is 21.3. The van der Waals surface area contributed by atoms with E-state index in [2.05, 4.69) is 0 Å². The third-order valence-corrected chi connectivity index (χ3v) is 13.5. The molecule has 0 aromatic heterocycles. The van der Waals surface area contributed by atoms with Gasteiger partial charge in [-0.3, -0.25) is 9.59 Å². The molecule has 0 aliphatic rings. The summed E-state index contributed by atoms with van der Waals surface area (Å²) >= 11 is 0. The summed E-state index contributed by atoms with van der Waals surface area (Å²) in [6, 6.07) is 34.9. The van der Waals surface area contributed by atoms with Crippen LogP contribution in [0, 0.1) is 5.41 Å². The SMILES string of the molecule is O=C(O)C(CCP(=O)(c1ccccc1)c1ccccc1)(CCP(=O)(c1ccccc1)c1ccccc1)C(=O)O. The predicted octanol–water partition coefficient (Wildman–Crippen LogP) is 4.95. The number of rotatable bonds is 12. The summed E-state index contributed by atoms with van der Waals surface area (Å²) < 4.78 is 29.0. The Balaban J connectivity index is 1.72. The van der Waals surface area contributed by atoms with Crippen LogP contribution in [0.1, 0.15) is 12.8 Å². The van der Waals surface area contributed by atoms with E-state index < -0.39 is 31.6 Å². The fourth-order valence-electron chi connectivity index (χ4n) is 4.83. The van der Waals surface area contributed by atoms with E-state index in [0.717, 1.165) is 0 Å². The number of carboxylic acid groups (broad SMARTS) is 2. The van der Waals surface area contributed by atoms with Crippen LogP contribution in [0.15, 0.2) is 121 Å². The van der Waals surface area contributed by atoms with E-state index >= 15 is 0 Å². The van der Waals surface area contributed by atoms with Crippen LogP contribution in [0.5, 0.6) is 0 Å². The summed E-state index contributed by atoms with van der Waals surface area (Å²) in [6.45, 7) is 0. The molecule has 0 bridgehead atoms. The molecule has 0 aliphatic heterocycles. The molecule has 0 saturated carbocycles. The van der Waals surface area contributed by atoms with Crippen molar-refractivity contribution in [3.05, 3.63) is 121 Å². The molecule has 0 amide bonds. The van der Waals surface area contributed by atoms with Crippen molar-refractivity contribution in [1.82, 2.24) is 0 Å². The second-order valence-electron chi connectivity index (χ2n) is 9.46. The van der Waals surface area contributed by atoms with Gasteiger partial charge in [-0.25, -0.2) is 0 Å². The predicted molar refractivity (Wildman–Crippen MR) is 156 cm³/mol. The first kappa shape index (κ1) is 28.3. The fourth-order valence-corrected chi connectivity index (χ4v) is 10.5. The van der Waals surface area contributed by atoms with Crippen LogP contribution in [0.2, 0.25) is 0 Å². The maximum Gasteiger partial charge on any atom is 0.321 e. The summed E-state index contributed by atoms with van der Waals surface area (Å²) in [4.78, 5) is 25.4. The molecule has 200 valence electrons. The van der Waals surface area contributed by atoms with Gasteiger partial charge < -0.3 is 19.3 Å². The lowest BCUT2D eigenvalue weighted by molar-refractivity contribution is -0.165. The minimum absolute atomic E-state index is 0.166. The summed E-state index contributed by atoms with van der Waals surface area (Å²) in [6.07, 6.45) is -1.11. The Morgan fingerprint density at radius 2 is 0.718 bits per heavy atom. The Hall–Kier alpha value is -3.72. The normalized spacial score (nSPS) is 12.1. The third-order valence-electron chi connectivity index (χ3n) is 7.22. The van der Waals surface area contributed by atoms with E-state index in [-0.39, 0.29) is 25.2 Å². The molecule has 0 aliphatic carbocycles. The van der Waals surface area contributed by atoms with Crippen LogP contribution in [0.3, 0.4) is 0 Å². The van der Waals surface area contributed by atoms with E-state index in [1.165, 1.54) is 0 Å². The first-order chi connectivity index (χ1) is 18.7. The maximum atomic E-state index is 14.5. The lowest BCUT2D eigenvalue weighted by atomic mass is 9.82. The van der Waals surface area contributed by atoms with Gasteiger partial charge in [0.1, 0.15) is 14.3 Å². The van der Waals surface area contributed by atoms with Crippen molar-refractivity contribution in [2.45, 2.75) is 12.8 Å². The molecule has 4 aromatic carbocycles. The van der Waals surface area contributed by atoms with E-state index in [9.17, 15) is 28.9 Å². The maximum absolute atomic E-state index is 14.5. The van der Waals surface area contributed by atoms with Gasteiger partial charge in [-0.2, -0.15) is 0 Å². The molecule has 0 spiro atoms. The Morgan fingerprint density at radius 1 is 0.487 bits per heavy atom. The van der Waals surface area contributed by atoms with Crippen molar-refractivity contribution in [3.8, 4) is 0 Å². The average molecular weight is 561 g/mol. The summed E-state index contributed by atoms with van der Waals surface area (Å²) in [5, 5.41) is 22.7. The van der Waals surface area contributed by atoms with Gasteiger partial charge in [0.05, 0.1) is 0 Å². The number of benzene rings is 4. The van der Waals surface area contributed by atoms with Crippen molar-refractivity contribution < 1.29 is 28.9 Å².